The molecule has 2 aliphatic rings. The lowest BCUT2D eigenvalue weighted by atomic mass is 10.1. The molecule has 8 heteroatoms. The van der Waals surface area contributed by atoms with Crippen LogP contribution in [-0.2, 0) is 9.59 Å². The molecule has 148 valence electrons. The Kier molecular flexibility index (Phi) is 5.74. The standard InChI is InChI=1S/C19H26ClFN4O2/c1-19(2,3)23-18(27)11-25-9-13-7-14(25)8-24(13)10-17(26)22-12-4-5-16(21)15(20)6-12/h4-6,13-14H,7-11H2,1-3H3,(H,22,26)(H,23,27). The summed E-state index contributed by atoms with van der Waals surface area (Å²) >= 11 is 5.74. The maximum Gasteiger partial charge on any atom is 0.238 e. The second-order valence-corrected chi connectivity index (χ2v) is 8.78. The van der Waals surface area contributed by atoms with Crippen LogP contribution >= 0.6 is 11.6 Å². The second-order valence-electron chi connectivity index (χ2n) is 8.38. The molecular weight excluding hydrogens is 371 g/mol. The van der Waals surface area contributed by atoms with Crippen molar-refractivity contribution >= 4 is 29.1 Å². The summed E-state index contributed by atoms with van der Waals surface area (Å²) in [6, 6.07) is 4.70. The average molecular weight is 397 g/mol. The van der Waals surface area contributed by atoms with Crippen LogP contribution in [0.1, 0.15) is 27.2 Å². The summed E-state index contributed by atoms with van der Waals surface area (Å²) in [5, 5.41) is 5.73. The highest BCUT2D eigenvalue weighted by atomic mass is 35.5. The summed E-state index contributed by atoms with van der Waals surface area (Å²) in [4.78, 5) is 28.8. The molecule has 0 aromatic heterocycles. The molecule has 2 saturated heterocycles. The van der Waals surface area contributed by atoms with E-state index in [1.807, 2.05) is 20.8 Å². The first-order valence-corrected chi connectivity index (χ1v) is 9.52. The molecule has 2 atom stereocenters. The molecule has 0 saturated carbocycles. The molecule has 1 aromatic rings. The van der Waals surface area contributed by atoms with E-state index in [-0.39, 0.29) is 35.0 Å². The van der Waals surface area contributed by atoms with Gasteiger partial charge in [0, 0.05) is 36.4 Å². The number of carbonyl (C=O) groups is 2. The van der Waals surface area contributed by atoms with Crippen LogP contribution in [0.3, 0.4) is 0 Å². The molecule has 2 aliphatic heterocycles. The van der Waals surface area contributed by atoms with Gasteiger partial charge in [-0.25, -0.2) is 4.39 Å². The van der Waals surface area contributed by atoms with Gasteiger partial charge in [0.25, 0.3) is 0 Å². The van der Waals surface area contributed by atoms with E-state index in [0.717, 1.165) is 19.5 Å². The molecule has 0 radical (unpaired) electrons. The van der Waals surface area contributed by atoms with E-state index in [0.29, 0.717) is 18.3 Å². The van der Waals surface area contributed by atoms with E-state index in [4.69, 9.17) is 11.6 Å². The SMILES string of the molecule is CC(C)(C)NC(=O)CN1CC2CC1CN2CC(=O)Nc1ccc(F)c(Cl)c1. The number of hydrogen-bond acceptors (Lipinski definition) is 4. The highest BCUT2D eigenvalue weighted by molar-refractivity contribution is 6.31. The van der Waals surface area contributed by atoms with Gasteiger partial charge in [-0.05, 0) is 45.4 Å². The van der Waals surface area contributed by atoms with E-state index in [2.05, 4.69) is 20.4 Å². The first-order chi connectivity index (χ1) is 12.6. The summed E-state index contributed by atoms with van der Waals surface area (Å²) in [5.74, 6) is -0.628. The van der Waals surface area contributed by atoms with Crippen LogP contribution in [0.4, 0.5) is 10.1 Å². The molecule has 2 heterocycles. The number of fused-ring (bicyclic) bond motifs is 2. The Bertz CT molecular complexity index is 737. The fraction of sp³-hybridized carbons (Fsp3) is 0.579. The van der Waals surface area contributed by atoms with Crippen molar-refractivity contribution in [3.8, 4) is 0 Å². The van der Waals surface area contributed by atoms with E-state index in [1.165, 1.54) is 18.2 Å². The number of nitrogens with zero attached hydrogens (tertiary/aromatic N) is 2. The molecule has 2 unspecified atom stereocenters. The van der Waals surface area contributed by atoms with Crippen LogP contribution in [-0.4, -0.2) is 65.4 Å². The Morgan fingerprint density at radius 2 is 1.74 bits per heavy atom. The first kappa shape index (κ1) is 20.0. The molecule has 2 fully saturated rings. The first-order valence-electron chi connectivity index (χ1n) is 9.15. The highest BCUT2D eigenvalue weighted by Gasteiger charge is 2.44. The smallest absolute Gasteiger partial charge is 0.238 e. The zero-order chi connectivity index (χ0) is 19.8. The number of benzene rings is 1. The molecule has 2 N–H and O–H groups in total. The Hall–Kier alpha value is -1.70. The van der Waals surface area contributed by atoms with Gasteiger partial charge in [0.1, 0.15) is 5.82 Å². The minimum absolute atomic E-state index is 0.0165. The summed E-state index contributed by atoms with van der Waals surface area (Å²) in [5.41, 5.74) is 0.250. The van der Waals surface area contributed by atoms with Gasteiger partial charge in [-0.3, -0.25) is 19.4 Å². The third kappa shape index (κ3) is 5.18. The van der Waals surface area contributed by atoms with Gasteiger partial charge in [0.15, 0.2) is 0 Å². The van der Waals surface area contributed by atoms with Gasteiger partial charge in [-0.1, -0.05) is 11.6 Å². The molecule has 27 heavy (non-hydrogen) atoms. The van der Waals surface area contributed by atoms with E-state index in [9.17, 15) is 14.0 Å². The predicted molar refractivity (Wildman–Crippen MR) is 103 cm³/mol. The molecule has 0 spiro atoms. The lowest BCUT2D eigenvalue weighted by molar-refractivity contribution is -0.124. The number of nitrogens with one attached hydrogen (secondary N) is 2. The number of piperazine rings is 1. The van der Waals surface area contributed by atoms with Crippen molar-refractivity contribution in [1.29, 1.82) is 0 Å². The molecule has 2 amide bonds. The number of rotatable bonds is 5. The zero-order valence-electron chi connectivity index (χ0n) is 15.9. The van der Waals surface area contributed by atoms with Crippen molar-refractivity contribution in [2.75, 3.05) is 31.5 Å². The molecule has 0 aliphatic carbocycles. The molecule has 2 bridgehead atoms. The number of likely N-dealkylation sites (tertiary alicyclic amines) is 2. The van der Waals surface area contributed by atoms with Crippen LogP contribution in [0.25, 0.3) is 0 Å². The third-order valence-electron chi connectivity index (χ3n) is 4.88. The summed E-state index contributed by atoms with van der Waals surface area (Å²) in [6.45, 7) is 8.13. The Morgan fingerprint density at radius 3 is 2.26 bits per heavy atom. The van der Waals surface area contributed by atoms with Crippen molar-refractivity contribution in [2.24, 2.45) is 0 Å². The van der Waals surface area contributed by atoms with Crippen molar-refractivity contribution in [2.45, 2.75) is 44.8 Å². The Morgan fingerprint density at radius 1 is 1.15 bits per heavy atom. The Labute approximate surface area is 164 Å². The topological polar surface area (TPSA) is 64.7 Å². The fourth-order valence-corrected chi connectivity index (χ4v) is 4.00. The maximum absolute atomic E-state index is 13.2. The monoisotopic (exact) mass is 396 g/mol. The summed E-state index contributed by atoms with van der Waals surface area (Å²) < 4.78 is 13.2. The minimum atomic E-state index is -0.512. The highest BCUT2D eigenvalue weighted by Crippen LogP contribution is 2.30. The Balaban J connectivity index is 1.47. The van der Waals surface area contributed by atoms with Crippen LogP contribution in [0.2, 0.25) is 5.02 Å². The number of amides is 2. The number of anilines is 1. The second kappa shape index (κ2) is 7.73. The van der Waals surface area contributed by atoms with Crippen LogP contribution < -0.4 is 10.6 Å². The van der Waals surface area contributed by atoms with Crippen molar-refractivity contribution in [3.05, 3.63) is 29.0 Å². The van der Waals surface area contributed by atoms with Gasteiger partial charge in [-0.2, -0.15) is 0 Å². The minimum Gasteiger partial charge on any atom is -0.350 e. The quantitative estimate of drug-likeness (QED) is 0.800. The fourth-order valence-electron chi connectivity index (χ4n) is 3.82. The van der Waals surface area contributed by atoms with E-state index < -0.39 is 5.82 Å². The van der Waals surface area contributed by atoms with Crippen molar-refractivity contribution in [3.63, 3.8) is 0 Å². The van der Waals surface area contributed by atoms with Gasteiger partial charge < -0.3 is 10.6 Å². The van der Waals surface area contributed by atoms with Crippen LogP contribution in [0.15, 0.2) is 18.2 Å². The number of halogens is 2. The van der Waals surface area contributed by atoms with Crippen LogP contribution in [0, 0.1) is 5.82 Å². The lowest BCUT2D eigenvalue weighted by Crippen LogP contribution is -2.52. The van der Waals surface area contributed by atoms with E-state index >= 15 is 0 Å². The van der Waals surface area contributed by atoms with Gasteiger partial charge in [-0.15, -0.1) is 0 Å². The zero-order valence-corrected chi connectivity index (χ0v) is 16.6. The normalized spacial score (nSPS) is 22.9. The lowest BCUT2D eigenvalue weighted by Gasteiger charge is -2.34. The maximum atomic E-state index is 13.2. The van der Waals surface area contributed by atoms with E-state index in [1.54, 1.807) is 0 Å². The average Bonchev–Trinajstić information content (AvgIpc) is 3.08. The summed E-state index contributed by atoms with van der Waals surface area (Å²) in [6.07, 6.45) is 0.971. The molecule has 1 aromatic carbocycles. The van der Waals surface area contributed by atoms with Gasteiger partial charge in [0.2, 0.25) is 11.8 Å². The van der Waals surface area contributed by atoms with Crippen molar-refractivity contribution < 1.29 is 14.0 Å². The third-order valence-corrected chi connectivity index (χ3v) is 5.17. The number of hydrogen-bond donors (Lipinski definition) is 2. The molecule has 3 rings (SSSR count). The van der Waals surface area contributed by atoms with Gasteiger partial charge in [0.05, 0.1) is 18.1 Å². The van der Waals surface area contributed by atoms with Gasteiger partial charge >= 0.3 is 0 Å². The van der Waals surface area contributed by atoms with Crippen LogP contribution in [0.5, 0.6) is 0 Å². The molecular formula is C19H26ClFN4O2. The number of carbonyl (C=O) groups excluding carboxylic acids is 2. The summed E-state index contributed by atoms with van der Waals surface area (Å²) in [7, 11) is 0. The predicted octanol–water partition coefficient (Wildman–Crippen LogP) is 2.09. The van der Waals surface area contributed by atoms with Crippen molar-refractivity contribution in [1.82, 2.24) is 15.1 Å². The molecule has 6 nitrogen and oxygen atoms in total. The largest absolute Gasteiger partial charge is 0.350 e.